The van der Waals surface area contributed by atoms with Crippen LogP contribution in [0.15, 0.2) is 89.5 Å². The fraction of sp³-hybridized carbons (Fsp3) is 0.207. The van der Waals surface area contributed by atoms with Crippen molar-refractivity contribution in [2.75, 3.05) is 19.2 Å². The van der Waals surface area contributed by atoms with Gasteiger partial charge in [0.05, 0.1) is 37.1 Å². The van der Waals surface area contributed by atoms with Gasteiger partial charge in [0.15, 0.2) is 5.54 Å². The second-order valence-corrected chi connectivity index (χ2v) is 9.40. The average Bonchev–Trinajstić information content (AvgIpc) is 3.40. The minimum Gasteiger partial charge on any atom is -0.497 e. The summed E-state index contributed by atoms with van der Waals surface area (Å²) >= 11 is 0. The first-order chi connectivity index (χ1) is 18.7. The maximum absolute atomic E-state index is 14.4. The van der Waals surface area contributed by atoms with Crippen LogP contribution in [0.4, 0.5) is 18.9 Å². The van der Waals surface area contributed by atoms with Crippen molar-refractivity contribution in [3.63, 3.8) is 0 Å². The predicted octanol–water partition coefficient (Wildman–Crippen LogP) is 4.87. The van der Waals surface area contributed by atoms with Gasteiger partial charge in [0, 0.05) is 12.1 Å². The molecule has 6 rings (SSSR count). The number of benzene rings is 3. The topological polar surface area (TPSA) is 71.4 Å². The van der Waals surface area contributed by atoms with Crippen molar-refractivity contribution < 1.29 is 32.2 Å². The molecule has 0 aromatic heterocycles. The summed E-state index contributed by atoms with van der Waals surface area (Å²) < 4.78 is 50.0. The molecule has 3 aromatic carbocycles. The average molecular weight is 534 g/mol. The fourth-order valence-electron chi connectivity index (χ4n) is 5.62. The van der Waals surface area contributed by atoms with Crippen LogP contribution in [-0.2, 0) is 27.0 Å². The van der Waals surface area contributed by atoms with Gasteiger partial charge in [-0.2, -0.15) is 23.3 Å². The van der Waals surface area contributed by atoms with Gasteiger partial charge in [-0.15, -0.1) is 0 Å². The fourth-order valence-corrected chi connectivity index (χ4v) is 5.62. The maximum Gasteiger partial charge on any atom is 0.416 e. The van der Waals surface area contributed by atoms with Gasteiger partial charge in [-0.3, -0.25) is 9.69 Å². The third-order valence-corrected chi connectivity index (χ3v) is 7.42. The van der Waals surface area contributed by atoms with Gasteiger partial charge < -0.3 is 9.47 Å². The van der Waals surface area contributed by atoms with E-state index in [1.807, 2.05) is 41.3 Å². The van der Waals surface area contributed by atoms with Crippen molar-refractivity contribution in [3.8, 4) is 5.75 Å². The number of halogens is 3. The molecule has 3 aliphatic heterocycles. The molecule has 39 heavy (non-hydrogen) atoms. The number of rotatable bonds is 5. The van der Waals surface area contributed by atoms with E-state index in [0.29, 0.717) is 17.0 Å². The van der Waals surface area contributed by atoms with Crippen molar-refractivity contribution >= 4 is 23.3 Å². The quantitative estimate of drug-likeness (QED) is 0.438. The van der Waals surface area contributed by atoms with Gasteiger partial charge >= 0.3 is 12.1 Å². The Morgan fingerprint density at radius 2 is 1.69 bits per heavy atom. The highest BCUT2D eigenvalue weighted by Crippen LogP contribution is 2.54. The van der Waals surface area contributed by atoms with E-state index in [1.54, 1.807) is 25.3 Å². The van der Waals surface area contributed by atoms with Crippen molar-refractivity contribution in [2.45, 2.75) is 24.3 Å². The lowest BCUT2D eigenvalue weighted by Gasteiger charge is -2.43. The number of methoxy groups -OCH3 is 2. The number of anilines is 1. The summed E-state index contributed by atoms with van der Waals surface area (Å²) in [6.45, 7) is 0.269. The van der Waals surface area contributed by atoms with E-state index < -0.39 is 35.2 Å². The van der Waals surface area contributed by atoms with Crippen molar-refractivity contribution in [3.05, 3.63) is 107 Å². The highest BCUT2D eigenvalue weighted by Gasteiger charge is 2.67. The largest absolute Gasteiger partial charge is 0.497 e. The molecule has 0 radical (unpaired) electrons. The lowest BCUT2D eigenvalue weighted by atomic mass is 9.78. The van der Waals surface area contributed by atoms with E-state index in [2.05, 4.69) is 5.10 Å². The first kappa shape index (κ1) is 24.9. The Morgan fingerprint density at radius 3 is 2.33 bits per heavy atom. The Balaban J connectivity index is 1.53. The first-order valence-corrected chi connectivity index (χ1v) is 12.1. The molecule has 2 bridgehead atoms. The lowest BCUT2D eigenvalue weighted by molar-refractivity contribution is -0.139. The number of amides is 1. The van der Waals surface area contributed by atoms with Crippen LogP contribution in [0.3, 0.4) is 0 Å². The third kappa shape index (κ3) is 3.59. The number of carbonyl (C=O) groups excluding carboxylic acids is 2. The normalized spacial score (nSPS) is 21.7. The molecule has 0 saturated carbocycles. The van der Waals surface area contributed by atoms with E-state index in [-0.39, 0.29) is 17.8 Å². The Morgan fingerprint density at radius 1 is 1.00 bits per heavy atom. The van der Waals surface area contributed by atoms with E-state index in [1.165, 1.54) is 19.2 Å². The van der Waals surface area contributed by atoms with Crippen molar-refractivity contribution in [1.82, 2.24) is 4.90 Å². The third-order valence-electron chi connectivity index (χ3n) is 7.42. The summed E-state index contributed by atoms with van der Waals surface area (Å²) in [4.78, 5) is 29.5. The summed E-state index contributed by atoms with van der Waals surface area (Å²) in [7, 11) is 2.81. The summed E-state index contributed by atoms with van der Waals surface area (Å²) in [6.07, 6.45) is -2.80. The molecule has 198 valence electrons. The second kappa shape index (κ2) is 8.81. The van der Waals surface area contributed by atoms with Crippen LogP contribution in [0.1, 0.15) is 28.3 Å². The van der Waals surface area contributed by atoms with Crippen LogP contribution < -0.4 is 9.75 Å². The van der Waals surface area contributed by atoms with Crippen LogP contribution in [0.2, 0.25) is 0 Å². The Kier molecular flexibility index (Phi) is 5.62. The maximum atomic E-state index is 14.4. The van der Waals surface area contributed by atoms with E-state index in [4.69, 9.17) is 9.47 Å². The molecule has 0 N–H and O–H groups in total. The Hall–Kier alpha value is -4.44. The zero-order valence-corrected chi connectivity index (χ0v) is 20.9. The van der Waals surface area contributed by atoms with Crippen molar-refractivity contribution in [1.29, 1.82) is 0 Å². The molecular weight excluding hydrogens is 511 g/mol. The number of esters is 1. The zero-order chi connectivity index (χ0) is 27.5. The van der Waals surface area contributed by atoms with E-state index >= 15 is 0 Å². The summed E-state index contributed by atoms with van der Waals surface area (Å²) in [6, 6.07) is 18.5. The number of alkyl halides is 3. The molecule has 3 heterocycles. The molecule has 3 aromatic rings. The predicted molar refractivity (Wildman–Crippen MR) is 136 cm³/mol. The van der Waals surface area contributed by atoms with Gasteiger partial charge in [0.1, 0.15) is 11.5 Å². The van der Waals surface area contributed by atoms with Crippen LogP contribution in [-0.4, -0.2) is 42.2 Å². The summed E-state index contributed by atoms with van der Waals surface area (Å²) in [5.41, 5.74) is 0.517. The Labute approximate surface area is 221 Å². The number of nitrogens with zero attached hydrogens (tertiary/aromatic N) is 3. The van der Waals surface area contributed by atoms with Crippen molar-refractivity contribution in [2.24, 2.45) is 5.10 Å². The van der Waals surface area contributed by atoms with Gasteiger partial charge in [-0.25, -0.2) is 4.79 Å². The van der Waals surface area contributed by atoms with Gasteiger partial charge in [-0.05, 0) is 53.6 Å². The molecule has 0 fully saturated rings. The molecule has 7 nitrogen and oxygen atoms in total. The molecule has 0 saturated heterocycles. The van der Waals surface area contributed by atoms with E-state index in [0.717, 1.165) is 28.3 Å². The molecule has 1 spiro atoms. The van der Waals surface area contributed by atoms with Gasteiger partial charge in [-0.1, -0.05) is 36.4 Å². The number of hydrogen-bond acceptors (Lipinski definition) is 6. The molecule has 0 unspecified atom stereocenters. The second-order valence-electron chi connectivity index (χ2n) is 9.40. The number of fused-ring (bicyclic) bond motifs is 4. The molecule has 2 atom stereocenters. The standard InChI is InChI=1S/C29H22F3N3O4/c1-38-20-13-7-17(8-14-20)16-34-24-15-23(26(36)39-2)28(34)25(22-6-4-3-5-21(22)24)33-35(27(28)37)19-11-9-18(10-12-19)29(30,31)32/h3-15,24H,16H2,1-2H3/t24-,28+/m1/s1. The summed E-state index contributed by atoms with van der Waals surface area (Å²) in [5.74, 6) is -0.579. The van der Waals surface area contributed by atoms with Crippen LogP contribution in [0.25, 0.3) is 0 Å². The molecule has 10 heteroatoms. The summed E-state index contributed by atoms with van der Waals surface area (Å²) in [5, 5.41) is 5.74. The number of hydrogen-bond donors (Lipinski definition) is 0. The van der Waals surface area contributed by atoms with Crippen LogP contribution in [0, 0.1) is 0 Å². The van der Waals surface area contributed by atoms with Gasteiger partial charge in [0.2, 0.25) is 0 Å². The zero-order valence-electron chi connectivity index (χ0n) is 20.9. The first-order valence-electron chi connectivity index (χ1n) is 12.1. The SMILES string of the molecule is COC(=O)C1=C[C@@H]2c3ccccc3C3=NN(c4ccc(C(F)(F)F)cc4)C(=O)[C@]13N2Cc1ccc(OC)cc1. The molecule has 1 amide bonds. The van der Waals surface area contributed by atoms with Crippen LogP contribution in [0.5, 0.6) is 5.75 Å². The molecule has 0 aliphatic carbocycles. The van der Waals surface area contributed by atoms with Gasteiger partial charge in [0.25, 0.3) is 5.91 Å². The Bertz CT molecular complexity index is 1550. The number of hydrazone groups is 1. The highest BCUT2D eigenvalue weighted by atomic mass is 19.4. The monoisotopic (exact) mass is 533 g/mol. The smallest absolute Gasteiger partial charge is 0.416 e. The number of carbonyl (C=O) groups is 2. The minimum absolute atomic E-state index is 0.123. The molecular formula is C29H22F3N3O4. The number of ether oxygens (including phenoxy) is 2. The van der Waals surface area contributed by atoms with Crippen LogP contribution >= 0.6 is 0 Å². The van der Waals surface area contributed by atoms with E-state index in [9.17, 15) is 22.8 Å². The minimum atomic E-state index is -4.53. The lowest BCUT2D eigenvalue weighted by Crippen LogP contribution is -2.61. The molecule has 3 aliphatic rings. The highest BCUT2D eigenvalue weighted by molar-refractivity contribution is 6.35.